The predicted octanol–water partition coefficient (Wildman–Crippen LogP) is 2.47. The number of ether oxygens (including phenoxy) is 1. The van der Waals surface area contributed by atoms with Crippen molar-refractivity contribution in [3.8, 4) is 5.75 Å². The van der Waals surface area contributed by atoms with Crippen molar-refractivity contribution < 1.29 is 19.4 Å². The molecule has 126 valence electrons. The molecule has 5 heteroatoms. The summed E-state index contributed by atoms with van der Waals surface area (Å²) in [6, 6.07) is 6.77. The van der Waals surface area contributed by atoms with Gasteiger partial charge in [-0.1, -0.05) is 31.4 Å². The number of benzene rings is 1. The van der Waals surface area contributed by atoms with E-state index in [0.29, 0.717) is 11.3 Å². The molecule has 1 aliphatic rings. The second-order valence-electron chi connectivity index (χ2n) is 6.35. The van der Waals surface area contributed by atoms with Gasteiger partial charge in [0.25, 0.3) is 5.91 Å². The van der Waals surface area contributed by atoms with E-state index < -0.39 is 11.7 Å². The summed E-state index contributed by atoms with van der Waals surface area (Å²) >= 11 is 0. The lowest BCUT2D eigenvalue weighted by molar-refractivity contribution is -0.128. The van der Waals surface area contributed by atoms with E-state index in [0.717, 1.165) is 32.1 Å². The number of Topliss-reactive ketones (excluding diaryl/α,β-unsaturated/α-hetero) is 1. The van der Waals surface area contributed by atoms with Gasteiger partial charge in [0, 0.05) is 12.1 Å². The molecule has 1 atom stereocenters. The summed E-state index contributed by atoms with van der Waals surface area (Å²) in [5, 5.41) is 13.2. The van der Waals surface area contributed by atoms with Crippen molar-refractivity contribution in [1.29, 1.82) is 0 Å². The fourth-order valence-electron chi connectivity index (χ4n) is 2.83. The minimum absolute atomic E-state index is 0.0490. The van der Waals surface area contributed by atoms with E-state index in [1.165, 1.54) is 6.92 Å². The molecule has 0 spiro atoms. The number of ketones is 1. The molecule has 0 bridgehead atoms. The van der Waals surface area contributed by atoms with Crippen LogP contribution in [0.15, 0.2) is 24.3 Å². The number of carbonyl (C=O) groups is 2. The monoisotopic (exact) mass is 319 g/mol. The average molecular weight is 319 g/mol. The van der Waals surface area contributed by atoms with Gasteiger partial charge in [0.15, 0.2) is 11.9 Å². The molecule has 2 rings (SSSR count). The van der Waals surface area contributed by atoms with Crippen molar-refractivity contribution in [1.82, 2.24) is 5.32 Å². The lowest BCUT2D eigenvalue weighted by atomic mass is 9.85. The van der Waals surface area contributed by atoms with Crippen molar-refractivity contribution in [2.45, 2.75) is 57.7 Å². The summed E-state index contributed by atoms with van der Waals surface area (Å²) < 4.78 is 5.59. The molecule has 1 saturated carbocycles. The first kappa shape index (κ1) is 17.5. The van der Waals surface area contributed by atoms with Gasteiger partial charge in [-0.3, -0.25) is 9.59 Å². The van der Waals surface area contributed by atoms with Crippen molar-refractivity contribution in [2.24, 2.45) is 0 Å². The van der Waals surface area contributed by atoms with Gasteiger partial charge in [0.05, 0.1) is 5.60 Å². The molecule has 1 aromatic rings. The van der Waals surface area contributed by atoms with Gasteiger partial charge in [-0.2, -0.15) is 0 Å². The van der Waals surface area contributed by atoms with E-state index in [4.69, 9.17) is 4.74 Å². The van der Waals surface area contributed by atoms with Gasteiger partial charge in [0.1, 0.15) is 5.75 Å². The third-order valence-electron chi connectivity index (χ3n) is 4.30. The Bertz CT molecular complexity index is 564. The van der Waals surface area contributed by atoms with Crippen LogP contribution in [0.1, 0.15) is 56.3 Å². The molecule has 1 fully saturated rings. The molecule has 0 aromatic heterocycles. The molecular weight excluding hydrogens is 294 g/mol. The second kappa shape index (κ2) is 7.59. The molecule has 23 heavy (non-hydrogen) atoms. The molecular formula is C18H25NO4. The molecule has 1 amide bonds. The molecule has 0 unspecified atom stereocenters. The van der Waals surface area contributed by atoms with E-state index in [2.05, 4.69) is 5.32 Å². The minimum atomic E-state index is -0.790. The molecule has 5 nitrogen and oxygen atoms in total. The van der Waals surface area contributed by atoms with Gasteiger partial charge in [-0.15, -0.1) is 0 Å². The zero-order chi connectivity index (χ0) is 16.9. The smallest absolute Gasteiger partial charge is 0.260 e. The predicted molar refractivity (Wildman–Crippen MR) is 87.6 cm³/mol. The maximum atomic E-state index is 12.1. The molecule has 2 N–H and O–H groups in total. The number of hydrogen-bond acceptors (Lipinski definition) is 4. The molecule has 0 heterocycles. The Morgan fingerprint density at radius 1 is 1.30 bits per heavy atom. The Morgan fingerprint density at radius 2 is 2.00 bits per heavy atom. The van der Waals surface area contributed by atoms with Crippen LogP contribution in [0.3, 0.4) is 0 Å². The third kappa shape index (κ3) is 5.06. The van der Waals surface area contributed by atoms with E-state index in [9.17, 15) is 14.7 Å². The topological polar surface area (TPSA) is 75.6 Å². The lowest BCUT2D eigenvalue weighted by Crippen LogP contribution is -2.47. The van der Waals surface area contributed by atoms with Crippen molar-refractivity contribution >= 4 is 11.7 Å². The molecule has 1 aliphatic carbocycles. The van der Waals surface area contributed by atoms with Gasteiger partial charge in [0.2, 0.25) is 0 Å². The highest BCUT2D eigenvalue weighted by Crippen LogP contribution is 2.27. The first-order chi connectivity index (χ1) is 10.9. The van der Waals surface area contributed by atoms with Crippen LogP contribution in [0.2, 0.25) is 0 Å². The Labute approximate surface area is 137 Å². The van der Waals surface area contributed by atoms with Crippen LogP contribution in [0, 0.1) is 0 Å². The number of amides is 1. The van der Waals surface area contributed by atoms with E-state index in [1.807, 2.05) is 0 Å². The van der Waals surface area contributed by atoms with E-state index in [-0.39, 0.29) is 18.2 Å². The van der Waals surface area contributed by atoms with Crippen LogP contribution in [-0.4, -0.2) is 35.0 Å². The van der Waals surface area contributed by atoms with Crippen LogP contribution in [-0.2, 0) is 4.79 Å². The van der Waals surface area contributed by atoms with E-state index >= 15 is 0 Å². The summed E-state index contributed by atoms with van der Waals surface area (Å²) in [6.07, 6.45) is 3.89. The van der Waals surface area contributed by atoms with Crippen LogP contribution < -0.4 is 10.1 Å². The Morgan fingerprint density at radius 3 is 2.65 bits per heavy atom. The summed E-state index contributed by atoms with van der Waals surface area (Å²) in [7, 11) is 0. The number of nitrogens with one attached hydrogen (secondary N) is 1. The van der Waals surface area contributed by atoms with Crippen molar-refractivity contribution in [2.75, 3.05) is 6.54 Å². The number of carbonyl (C=O) groups excluding carboxylic acids is 2. The zero-order valence-corrected chi connectivity index (χ0v) is 13.8. The highest BCUT2D eigenvalue weighted by Gasteiger charge is 2.30. The second-order valence-corrected chi connectivity index (χ2v) is 6.35. The Balaban J connectivity index is 1.87. The normalized spacial score (nSPS) is 18.0. The summed E-state index contributed by atoms with van der Waals surface area (Å²) in [5.74, 6) is 0.168. The van der Waals surface area contributed by atoms with Crippen LogP contribution in [0.5, 0.6) is 5.75 Å². The molecule has 0 radical (unpaired) electrons. The number of rotatable bonds is 6. The lowest BCUT2D eigenvalue weighted by Gasteiger charge is -2.32. The first-order valence-electron chi connectivity index (χ1n) is 8.17. The minimum Gasteiger partial charge on any atom is -0.481 e. The van der Waals surface area contributed by atoms with Crippen molar-refractivity contribution in [3.63, 3.8) is 0 Å². The molecule has 1 aromatic carbocycles. The van der Waals surface area contributed by atoms with Crippen LogP contribution in [0.25, 0.3) is 0 Å². The first-order valence-corrected chi connectivity index (χ1v) is 8.17. The van der Waals surface area contributed by atoms with Gasteiger partial charge in [-0.25, -0.2) is 0 Å². The number of hydrogen-bond donors (Lipinski definition) is 2. The van der Waals surface area contributed by atoms with Gasteiger partial charge in [-0.05, 0) is 38.8 Å². The maximum Gasteiger partial charge on any atom is 0.260 e. The van der Waals surface area contributed by atoms with Crippen molar-refractivity contribution in [3.05, 3.63) is 29.8 Å². The summed E-state index contributed by atoms with van der Waals surface area (Å²) in [4.78, 5) is 23.5. The molecule has 0 saturated heterocycles. The maximum absolute atomic E-state index is 12.1. The zero-order valence-electron chi connectivity index (χ0n) is 13.8. The highest BCUT2D eigenvalue weighted by molar-refractivity contribution is 5.94. The van der Waals surface area contributed by atoms with Gasteiger partial charge >= 0.3 is 0 Å². The average Bonchev–Trinajstić information content (AvgIpc) is 2.53. The van der Waals surface area contributed by atoms with Crippen LogP contribution >= 0.6 is 0 Å². The largest absolute Gasteiger partial charge is 0.481 e. The number of aliphatic hydroxyl groups is 1. The van der Waals surface area contributed by atoms with Gasteiger partial charge < -0.3 is 15.2 Å². The quantitative estimate of drug-likeness (QED) is 0.790. The standard InChI is InChI=1S/C18H25NO4/c1-13(20)15-7-6-8-16(11-15)23-14(2)17(21)19-12-18(22)9-4-3-5-10-18/h6-8,11,14,22H,3-5,9-10,12H2,1-2H3,(H,19,21)/t14-/m0/s1. The molecule has 0 aliphatic heterocycles. The van der Waals surface area contributed by atoms with Crippen LogP contribution in [0.4, 0.5) is 0 Å². The fraction of sp³-hybridized carbons (Fsp3) is 0.556. The fourth-order valence-corrected chi connectivity index (χ4v) is 2.83. The Hall–Kier alpha value is -1.88. The SMILES string of the molecule is CC(=O)c1cccc(O[C@@H](C)C(=O)NCC2(O)CCCCC2)c1. The van der Waals surface area contributed by atoms with E-state index in [1.54, 1.807) is 31.2 Å². The summed E-state index contributed by atoms with van der Waals surface area (Å²) in [6.45, 7) is 3.40. The summed E-state index contributed by atoms with van der Waals surface area (Å²) in [5.41, 5.74) is -0.242. The third-order valence-corrected chi connectivity index (χ3v) is 4.30. The highest BCUT2D eigenvalue weighted by atomic mass is 16.5. The Kier molecular flexibility index (Phi) is 5.77.